The van der Waals surface area contributed by atoms with Gasteiger partial charge in [0.1, 0.15) is 12.1 Å². The molecule has 1 N–H and O–H groups in total. The molecule has 3 rings (SSSR count). The molecule has 1 saturated heterocycles. The molecule has 0 bridgehead atoms. The maximum absolute atomic E-state index is 5.95. The van der Waals surface area contributed by atoms with Crippen LogP contribution in [0, 0.1) is 5.41 Å². The molecule has 94 valence electrons. The van der Waals surface area contributed by atoms with E-state index in [0.717, 1.165) is 36.5 Å². The minimum atomic E-state index is 0.212. The number of aromatic nitrogens is 2. The summed E-state index contributed by atoms with van der Waals surface area (Å²) in [5.41, 5.74) is 1.07. The van der Waals surface area contributed by atoms with Crippen molar-refractivity contribution in [3.05, 3.63) is 29.5 Å². The monoisotopic (exact) mass is 263 g/mol. The summed E-state index contributed by atoms with van der Waals surface area (Å²) < 4.78 is 5.24. The van der Waals surface area contributed by atoms with Crippen LogP contribution >= 0.6 is 11.6 Å². The average Bonchev–Trinajstić information content (AvgIpc) is 2.33. The van der Waals surface area contributed by atoms with Crippen molar-refractivity contribution in [2.24, 2.45) is 5.41 Å². The van der Waals surface area contributed by atoms with Crippen molar-refractivity contribution in [1.29, 1.82) is 0 Å². The van der Waals surface area contributed by atoms with E-state index in [-0.39, 0.29) is 5.41 Å². The summed E-state index contributed by atoms with van der Waals surface area (Å²) >= 11 is 5.95. The van der Waals surface area contributed by atoms with Gasteiger partial charge in [-0.15, -0.1) is 0 Å². The molecule has 2 aromatic rings. The van der Waals surface area contributed by atoms with E-state index in [1.165, 1.54) is 0 Å². The zero-order valence-electron chi connectivity index (χ0n) is 10.1. The zero-order chi connectivity index (χ0) is 12.6. The van der Waals surface area contributed by atoms with Crippen LogP contribution in [0.15, 0.2) is 24.5 Å². The molecule has 2 heterocycles. The van der Waals surface area contributed by atoms with Crippen LogP contribution in [-0.4, -0.2) is 29.7 Å². The highest BCUT2D eigenvalue weighted by atomic mass is 35.5. The van der Waals surface area contributed by atoms with Gasteiger partial charge in [0.15, 0.2) is 0 Å². The molecular formula is C13H14ClN3O. The molecule has 1 aliphatic heterocycles. The third-order valence-electron chi connectivity index (χ3n) is 3.18. The second-order valence-corrected chi connectivity index (χ2v) is 5.48. The Balaban J connectivity index is 1.87. The van der Waals surface area contributed by atoms with Gasteiger partial charge in [-0.05, 0) is 18.2 Å². The third kappa shape index (κ3) is 2.13. The minimum absolute atomic E-state index is 0.212. The van der Waals surface area contributed by atoms with Gasteiger partial charge in [-0.3, -0.25) is 0 Å². The van der Waals surface area contributed by atoms with Crippen LogP contribution in [0.4, 0.5) is 5.82 Å². The van der Waals surface area contributed by atoms with Gasteiger partial charge in [0, 0.05) is 22.4 Å². The molecule has 0 aliphatic carbocycles. The molecule has 5 heteroatoms. The number of anilines is 1. The molecule has 1 fully saturated rings. The van der Waals surface area contributed by atoms with Crippen LogP contribution < -0.4 is 5.32 Å². The largest absolute Gasteiger partial charge is 0.380 e. The van der Waals surface area contributed by atoms with E-state index in [4.69, 9.17) is 16.3 Å². The van der Waals surface area contributed by atoms with E-state index >= 15 is 0 Å². The first-order valence-corrected chi connectivity index (χ1v) is 6.26. The molecule has 0 radical (unpaired) electrons. The summed E-state index contributed by atoms with van der Waals surface area (Å²) in [4.78, 5) is 8.51. The topological polar surface area (TPSA) is 47.0 Å². The molecule has 18 heavy (non-hydrogen) atoms. The van der Waals surface area contributed by atoms with Gasteiger partial charge < -0.3 is 10.1 Å². The average molecular weight is 264 g/mol. The predicted molar refractivity (Wildman–Crippen MR) is 72.0 cm³/mol. The maximum atomic E-state index is 5.95. The second-order valence-electron chi connectivity index (χ2n) is 5.04. The van der Waals surface area contributed by atoms with Crippen molar-refractivity contribution in [1.82, 2.24) is 9.97 Å². The smallest absolute Gasteiger partial charge is 0.137 e. The number of nitrogens with one attached hydrogen (secondary N) is 1. The van der Waals surface area contributed by atoms with Crippen LogP contribution in [0.25, 0.3) is 10.9 Å². The number of ether oxygens (including phenoxy) is 1. The molecule has 0 spiro atoms. The molecule has 0 amide bonds. The Kier molecular flexibility index (Phi) is 2.84. The zero-order valence-corrected chi connectivity index (χ0v) is 10.9. The molecule has 0 atom stereocenters. The highest BCUT2D eigenvalue weighted by Gasteiger charge is 2.33. The quantitative estimate of drug-likeness (QED) is 0.925. The van der Waals surface area contributed by atoms with Crippen LogP contribution in [-0.2, 0) is 4.74 Å². The Morgan fingerprint density at radius 3 is 2.94 bits per heavy atom. The van der Waals surface area contributed by atoms with Crippen molar-refractivity contribution in [3.63, 3.8) is 0 Å². The standard InChI is InChI=1S/C13H14ClN3O/c1-13(6-18-7-13)5-15-12-10-3-2-9(14)4-11(10)16-8-17-12/h2-4,8H,5-7H2,1H3,(H,15,16,17). The number of halogens is 1. The fourth-order valence-corrected chi connectivity index (χ4v) is 2.19. The lowest BCUT2D eigenvalue weighted by Gasteiger charge is -2.38. The van der Waals surface area contributed by atoms with Crippen molar-refractivity contribution >= 4 is 28.3 Å². The van der Waals surface area contributed by atoms with Crippen molar-refractivity contribution in [3.8, 4) is 0 Å². The molecular weight excluding hydrogens is 250 g/mol. The normalized spacial score (nSPS) is 17.4. The Morgan fingerprint density at radius 2 is 2.22 bits per heavy atom. The van der Waals surface area contributed by atoms with E-state index in [0.29, 0.717) is 5.02 Å². The van der Waals surface area contributed by atoms with Crippen LogP contribution in [0.2, 0.25) is 5.02 Å². The summed E-state index contributed by atoms with van der Waals surface area (Å²) in [7, 11) is 0. The van der Waals surface area contributed by atoms with E-state index < -0.39 is 0 Å². The summed E-state index contributed by atoms with van der Waals surface area (Å²) in [5.74, 6) is 0.852. The molecule has 4 nitrogen and oxygen atoms in total. The highest BCUT2D eigenvalue weighted by molar-refractivity contribution is 6.31. The number of hydrogen-bond acceptors (Lipinski definition) is 4. The van der Waals surface area contributed by atoms with Crippen LogP contribution in [0.5, 0.6) is 0 Å². The molecule has 1 aliphatic rings. The van der Waals surface area contributed by atoms with Crippen molar-refractivity contribution in [2.75, 3.05) is 25.1 Å². The van der Waals surface area contributed by atoms with E-state index in [2.05, 4.69) is 22.2 Å². The van der Waals surface area contributed by atoms with Gasteiger partial charge in [0.05, 0.1) is 18.7 Å². The van der Waals surface area contributed by atoms with Gasteiger partial charge >= 0.3 is 0 Å². The summed E-state index contributed by atoms with van der Waals surface area (Å²) in [5, 5.41) is 5.05. The van der Waals surface area contributed by atoms with Crippen molar-refractivity contribution < 1.29 is 4.74 Å². The van der Waals surface area contributed by atoms with Crippen LogP contribution in [0.3, 0.4) is 0 Å². The van der Waals surface area contributed by atoms with Gasteiger partial charge in [-0.25, -0.2) is 9.97 Å². The fourth-order valence-electron chi connectivity index (χ4n) is 2.02. The summed E-state index contributed by atoms with van der Waals surface area (Å²) in [6, 6.07) is 5.64. The number of fused-ring (bicyclic) bond motifs is 1. The van der Waals surface area contributed by atoms with E-state index in [1.807, 2.05) is 18.2 Å². The predicted octanol–water partition coefficient (Wildman–Crippen LogP) is 2.73. The number of benzene rings is 1. The van der Waals surface area contributed by atoms with Crippen LogP contribution in [0.1, 0.15) is 6.92 Å². The number of rotatable bonds is 3. The Hall–Kier alpha value is -1.39. The summed E-state index contributed by atoms with van der Waals surface area (Å²) in [6.45, 7) is 4.65. The minimum Gasteiger partial charge on any atom is -0.380 e. The second kappa shape index (κ2) is 4.37. The van der Waals surface area contributed by atoms with E-state index in [9.17, 15) is 0 Å². The lowest BCUT2D eigenvalue weighted by molar-refractivity contribution is -0.0924. The van der Waals surface area contributed by atoms with Crippen molar-refractivity contribution in [2.45, 2.75) is 6.92 Å². The fraction of sp³-hybridized carbons (Fsp3) is 0.385. The third-order valence-corrected chi connectivity index (χ3v) is 3.42. The van der Waals surface area contributed by atoms with Gasteiger partial charge in [-0.1, -0.05) is 18.5 Å². The van der Waals surface area contributed by atoms with Gasteiger partial charge in [0.2, 0.25) is 0 Å². The Morgan fingerprint density at radius 1 is 1.39 bits per heavy atom. The lowest BCUT2D eigenvalue weighted by Crippen LogP contribution is -2.45. The number of hydrogen-bond donors (Lipinski definition) is 1. The van der Waals surface area contributed by atoms with Gasteiger partial charge in [-0.2, -0.15) is 0 Å². The first-order chi connectivity index (χ1) is 8.66. The first-order valence-electron chi connectivity index (χ1n) is 5.88. The van der Waals surface area contributed by atoms with Gasteiger partial charge in [0.25, 0.3) is 0 Å². The Labute approximate surface area is 110 Å². The molecule has 0 saturated carbocycles. The lowest BCUT2D eigenvalue weighted by atomic mass is 9.89. The van der Waals surface area contributed by atoms with E-state index in [1.54, 1.807) is 6.33 Å². The Bertz CT molecular complexity index is 583. The molecule has 0 unspecified atom stereocenters. The highest BCUT2D eigenvalue weighted by Crippen LogP contribution is 2.28. The summed E-state index contributed by atoms with van der Waals surface area (Å²) in [6.07, 6.45) is 1.56. The first kappa shape index (κ1) is 11.7. The molecule has 1 aromatic heterocycles. The maximum Gasteiger partial charge on any atom is 0.137 e. The molecule has 1 aromatic carbocycles. The SMILES string of the molecule is CC1(CNc2ncnc3cc(Cl)ccc23)COC1. The number of nitrogens with zero attached hydrogens (tertiary/aromatic N) is 2.